The van der Waals surface area contributed by atoms with Crippen LogP contribution in [0.15, 0.2) is 24.3 Å². The number of nitrogens with two attached hydrogens (primary N) is 1. The third-order valence-electron chi connectivity index (χ3n) is 4.19. The van der Waals surface area contributed by atoms with Gasteiger partial charge in [-0.25, -0.2) is 0 Å². The van der Waals surface area contributed by atoms with Crippen molar-refractivity contribution in [1.29, 1.82) is 0 Å². The molecule has 2 atom stereocenters. The molecule has 0 heterocycles. The van der Waals surface area contributed by atoms with Crippen molar-refractivity contribution in [2.45, 2.75) is 58.2 Å². The summed E-state index contributed by atoms with van der Waals surface area (Å²) in [5.74, 6) is 0. The lowest BCUT2D eigenvalue weighted by Gasteiger charge is -2.40. The number of rotatable bonds is 9. The molecule has 0 amide bonds. The molecule has 4 heteroatoms. The summed E-state index contributed by atoms with van der Waals surface area (Å²) in [6.45, 7) is 7.25. The Balaban J connectivity index is 3.19. The molecule has 1 aromatic rings. The second-order valence-electron chi connectivity index (χ2n) is 5.50. The molecule has 0 spiro atoms. The Bertz CT molecular complexity index is 410. The average molecular weight is 313 g/mol. The molecule has 0 saturated carbocycles. The van der Waals surface area contributed by atoms with E-state index in [0.717, 1.165) is 29.8 Å². The highest BCUT2D eigenvalue weighted by Crippen LogP contribution is 2.30. The predicted molar refractivity (Wildman–Crippen MR) is 90.6 cm³/mol. The quantitative estimate of drug-likeness (QED) is 0.732. The summed E-state index contributed by atoms with van der Waals surface area (Å²) < 4.78 is 0. The second-order valence-corrected chi connectivity index (χ2v) is 5.94. The van der Waals surface area contributed by atoms with Crippen LogP contribution in [0.3, 0.4) is 0 Å². The second kappa shape index (κ2) is 9.42. The third kappa shape index (κ3) is 4.96. The van der Waals surface area contributed by atoms with Gasteiger partial charge in [0.1, 0.15) is 0 Å². The van der Waals surface area contributed by atoms with Gasteiger partial charge in [-0.05, 0) is 37.0 Å². The van der Waals surface area contributed by atoms with E-state index in [9.17, 15) is 5.11 Å². The highest BCUT2D eigenvalue weighted by Gasteiger charge is 2.29. The van der Waals surface area contributed by atoms with Crippen LogP contribution in [0.2, 0.25) is 5.02 Å². The van der Waals surface area contributed by atoms with Crippen molar-refractivity contribution in [2.75, 3.05) is 13.2 Å². The fraction of sp³-hybridized carbons (Fsp3) is 0.647. The molecule has 0 radical (unpaired) electrons. The Morgan fingerprint density at radius 1 is 1.19 bits per heavy atom. The number of aliphatic hydroxyl groups excluding tert-OH is 1. The highest BCUT2D eigenvalue weighted by molar-refractivity contribution is 6.30. The first-order valence-corrected chi connectivity index (χ1v) is 8.34. The molecule has 0 aromatic heterocycles. The zero-order chi connectivity index (χ0) is 15.8. The molecule has 0 aliphatic rings. The minimum absolute atomic E-state index is 0.0237. The van der Waals surface area contributed by atoms with E-state index in [1.54, 1.807) is 0 Å². The largest absolute Gasteiger partial charge is 0.395 e. The molecule has 3 nitrogen and oxygen atoms in total. The maximum absolute atomic E-state index is 9.47. The van der Waals surface area contributed by atoms with Crippen molar-refractivity contribution >= 4 is 11.6 Å². The maximum atomic E-state index is 9.47. The van der Waals surface area contributed by atoms with Crippen LogP contribution in [0.1, 0.15) is 51.6 Å². The molecule has 0 fully saturated rings. The lowest BCUT2D eigenvalue weighted by molar-refractivity contribution is 0.0814. The molecule has 1 rings (SSSR count). The Hall–Kier alpha value is -0.610. The molecule has 0 saturated heterocycles. The summed E-state index contributed by atoms with van der Waals surface area (Å²) in [7, 11) is 0. The molecule has 0 aliphatic carbocycles. The minimum atomic E-state index is 0.0237. The van der Waals surface area contributed by atoms with Gasteiger partial charge in [0.05, 0.1) is 12.6 Å². The average Bonchev–Trinajstić information content (AvgIpc) is 2.48. The van der Waals surface area contributed by atoms with Crippen molar-refractivity contribution in [1.82, 2.24) is 4.90 Å². The summed E-state index contributed by atoms with van der Waals surface area (Å²) in [5.41, 5.74) is 7.55. The standard InChI is InChI=1S/C17H29ClN2O/c1-4-15(5-2)20(10-11-21)17(16(19)6-3)13-8-7-9-14(18)12-13/h7-9,12,15-17,21H,4-6,10-11,19H2,1-3H3. The zero-order valence-corrected chi connectivity index (χ0v) is 14.2. The number of aliphatic hydroxyl groups is 1. The first-order valence-electron chi connectivity index (χ1n) is 7.96. The lowest BCUT2D eigenvalue weighted by Crippen LogP contribution is -2.47. The first kappa shape index (κ1) is 18.4. The van der Waals surface area contributed by atoms with Gasteiger partial charge in [-0.3, -0.25) is 4.90 Å². The molecular weight excluding hydrogens is 284 g/mol. The van der Waals surface area contributed by atoms with Crippen LogP contribution in [-0.4, -0.2) is 35.2 Å². The monoisotopic (exact) mass is 312 g/mol. The van der Waals surface area contributed by atoms with E-state index in [1.165, 1.54) is 0 Å². The third-order valence-corrected chi connectivity index (χ3v) is 4.43. The van der Waals surface area contributed by atoms with Gasteiger partial charge in [-0.15, -0.1) is 0 Å². The number of benzene rings is 1. The Morgan fingerprint density at radius 3 is 2.33 bits per heavy atom. The summed E-state index contributed by atoms with van der Waals surface area (Å²) >= 11 is 6.16. The highest BCUT2D eigenvalue weighted by atomic mass is 35.5. The van der Waals surface area contributed by atoms with Crippen LogP contribution in [0, 0.1) is 0 Å². The van der Waals surface area contributed by atoms with Gasteiger partial charge in [0.25, 0.3) is 0 Å². The van der Waals surface area contributed by atoms with Crippen LogP contribution in [0.5, 0.6) is 0 Å². The molecule has 1 aromatic carbocycles. The molecule has 0 aliphatic heterocycles. The summed E-state index contributed by atoms with van der Waals surface area (Å²) in [6, 6.07) is 8.46. The van der Waals surface area contributed by atoms with E-state index < -0.39 is 0 Å². The van der Waals surface area contributed by atoms with E-state index in [4.69, 9.17) is 17.3 Å². The van der Waals surface area contributed by atoms with Crippen molar-refractivity contribution in [3.05, 3.63) is 34.9 Å². The van der Waals surface area contributed by atoms with E-state index >= 15 is 0 Å². The summed E-state index contributed by atoms with van der Waals surface area (Å²) in [5, 5.41) is 10.2. The fourth-order valence-electron chi connectivity index (χ4n) is 3.02. The molecular formula is C17H29ClN2O. The van der Waals surface area contributed by atoms with Crippen LogP contribution >= 0.6 is 11.6 Å². The zero-order valence-electron chi connectivity index (χ0n) is 13.4. The molecule has 120 valence electrons. The lowest BCUT2D eigenvalue weighted by atomic mass is 9.93. The normalized spacial score (nSPS) is 14.7. The van der Waals surface area contributed by atoms with Gasteiger partial charge < -0.3 is 10.8 Å². The van der Waals surface area contributed by atoms with E-state index in [-0.39, 0.29) is 18.7 Å². The minimum Gasteiger partial charge on any atom is -0.395 e. The number of hydrogen-bond donors (Lipinski definition) is 2. The van der Waals surface area contributed by atoms with Crippen LogP contribution in [0.25, 0.3) is 0 Å². The van der Waals surface area contributed by atoms with Crippen molar-refractivity contribution < 1.29 is 5.11 Å². The van der Waals surface area contributed by atoms with Gasteiger partial charge >= 0.3 is 0 Å². The SMILES string of the molecule is CCC(N)C(c1cccc(Cl)c1)N(CCO)C(CC)CC. The van der Waals surface area contributed by atoms with Crippen LogP contribution in [0.4, 0.5) is 0 Å². The van der Waals surface area contributed by atoms with E-state index in [1.807, 2.05) is 18.2 Å². The smallest absolute Gasteiger partial charge is 0.0558 e. The van der Waals surface area contributed by atoms with E-state index in [2.05, 4.69) is 31.7 Å². The Kier molecular flexibility index (Phi) is 8.27. The number of halogens is 1. The van der Waals surface area contributed by atoms with Crippen LogP contribution in [-0.2, 0) is 0 Å². The molecule has 21 heavy (non-hydrogen) atoms. The Labute approximate surface area is 134 Å². The predicted octanol–water partition coefficient (Wildman–Crippen LogP) is 3.60. The van der Waals surface area contributed by atoms with Gasteiger partial charge in [-0.2, -0.15) is 0 Å². The summed E-state index contributed by atoms with van der Waals surface area (Å²) in [4.78, 5) is 2.35. The fourth-order valence-corrected chi connectivity index (χ4v) is 3.22. The van der Waals surface area contributed by atoms with Gasteiger partial charge in [-0.1, -0.05) is 44.5 Å². The number of nitrogens with zero attached hydrogens (tertiary/aromatic N) is 1. The first-order chi connectivity index (χ1) is 10.1. The van der Waals surface area contributed by atoms with Gasteiger partial charge in [0.2, 0.25) is 0 Å². The summed E-state index contributed by atoms with van der Waals surface area (Å²) in [6.07, 6.45) is 2.98. The molecule has 3 N–H and O–H groups in total. The van der Waals surface area contributed by atoms with Crippen molar-refractivity contribution in [2.24, 2.45) is 5.73 Å². The topological polar surface area (TPSA) is 49.5 Å². The molecule has 0 bridgehead atoms. The maximum Gasteiger partial charge on any atom is 0.0558 e. The van der Waals surface area contributed by atoms with E-state index in [0.29, 0.717) is 12.6 Å². The molecule has 2 unspecified atom stereocenters. The van der Waals surface area contributed by atoms with Crippen molar-refractivity contribution in [3.8, 4) is 0 Å². The van der Waals surface area contributed by atoms with Crippen molar-refractivity contribution in [3.63, 3.8) is 0 Å². The van der Waals surface area contributed by atoms with Gasteiger partial charge in [0, 0.05) is 23.7 Å². The van der Waals surface area contributed by atoms with Gasteiger partial charge in [0.15, 0.2) is 0 Å². The Morgan fingerprint density at radius 2 is 1.86 bits per heavy atom. The number of hydrogen-bond acceptors (Lipinski definition) is 3. The van der Waals surface area contributed by atoms with Crippen LogP contribution < -0.4 is 5.73 Å².